The van der Waals surface area contributed by atoms with E-state index in [1.807, 2.05) is 4.90 Å². The lowest BCUT2D eigenvalue weighted by Crippen LogP contribution is -2.59. The van der Waals surface area contributed by atoms with Crippen LogP contribution in [-0.4, -0.2) is 72.6 Å². The van der Waals surface area contributed by atoms with Gasteiger partial charge in [-0.05, 0) is 19.8 Å². The first-order valence-electron chi connectivity index (χ1n) is 7.41. The summed E-state index contributed by atoms with van der Waals surface area (Å²) in [5.41, 5.74) is -0.804. The Balaban J connectivity index is 1.93. The minimum Gasteiger partial charge on any atom is -0.392 e. The first kappa shape index (κ1) is 15.3. The van der Waals surface area contributed by atoms with Gasteiger partial charge in [0.2, 0.25) is 11.8 Å². The van der Waals surface area contributed by atoms with Gasteiger partial charge in [0, 0.05) is 39.8 Å². The molecule has 0 unspecified atom stereocenters. The molecule has 6 nitrogen and oxygen atoms in total. The molecule has 1 atom stereocenters. The number of hydrogen-bond donors (Lipinski definition) is 2. The lowest BCUT2D eigenvalue weighted by Gasteiger charge is -2.44. The van der Waals surface area contributed by atoms with Gasteiger partial charge in [-0.3, -0.25) is 14.5 Å². The van der Waals surface area contributed by atoms with Crippen molar-refractivity contribution in [1.29, 1.82) is 0 Å². The van der Waals surface area contributed by atoms with Crippen LogP contribution < -0.4 is 5.32 Å². The Morgan fingerprint density at radius 3 is 2.25 bits per heavy atom. The molecule has 0 aromatic heterocycles. The Morgan fingerprint density at radius 1 is 1.25 bits per heavy atom. The molecule has 0 radical (unpaired) electrons. The average Bonchev–Trinajstić information content (AvgIpc) is 2.37. The van der Waals surface area contributed by atoms with E-state index in [9.17, 15) is 14.7 Å². The first-order valence-corrected chi connectivity index (χ1v) is 7.41. The molecule has 2 aliphatic rings. The molecule has 20 heavy (non-hydrogen) atoms. The second-order valence-electron chi connectivity index (χ2n) is 5.96. The van der Waals surface area contributed by atoms with Crippen LogP contribution in [0.3, 0.4) is 0 Å². The Labute approximate surface area is 120 Å². The lowest BCUT2D eigenvalue weighted by atomic mass is 9.67. The fraction of sp³-hybridized carbons (Fsp3) is 0.857. The number of carbonyl (C=O) groups excluding carboxylic acids is 2. The molecule has 1 aliphatic carbocycles. The maximum atomic E-state index is 12.6. The number of hydrogen-bond acceptors (Lipinski definition) is 4. The number of rotatable bonds is 4. The topological polar surface area (TPSA) is 72.9 Å². The van der Waals surface area contributed by atoms with Crippen molar-refractivity contribution >= 4 is 11.8 Å². The number of amides is 2. The van der Waals surface area contributed by atoms with E-state index in [0.717, 1.165) is 19.5 Å². The fourth-order valence-corrected chi connectivity index (χ4v) is 3.12. The number of β-amino-alcohol motifs (C(OH)–C–C–N with tert-alkyl or cyclic N) is 1. The summed E-state index contributed by atoms with van der Waals surface area (Å²) in [5.74, 6) is -0.153. The predicted molar refractivity (Wildman–Crippen MR) is 75.1 cm³/mol. The Kier molecular flexibility index (Phi) is 4.65. The van der Waals surface area contributed by atoms with Crippen molar-refractivity contribution in [3.8, 4) is 0 Å². The van der Waals surface area contributed by atoms with Crippen LogP contribution >= 0.6 is 0 Å². The van der Waals surface area contributed by atoms with Gasteiger partial charge in [0.15, 0.2) is 0 Å². The molecule has 0 spiro atoms. The van der Waals surface area contributed by atoms with Gasteiger partial charge >= 0.3 is 0 Å². The molecule has 1 aliphatic heterocycles. The SMILES string of the molecule is CNC(=O)C1(C(=O)N2CCN(C[C@H](C)O)CC2)CCC1. The third-order valence-corrected chi connectivity index (χ3v) is 4.46. The molecule has 0 aromatic rings. The molecule has 1 saturated heterocycles. The summed E-state index contributed by atoms with van der Waals surface area (Å²) in [7, 11) is 1.59. The van der Waals surface area contributed by atoms with Gasteiger partial charge in [-0.25, -0.2) is 0 Å². The minimum absolute atomic E-state index is 0.0141. The molecule has 6 heteroatoms. The number of piperazine rings is 1. The number of nitrogens with zero attached hydrogens (tertiary/aromatic N) is 2. The summed E-state index contributed by atoms with van der Waals surface area (Å²) in [4.78, 5) is 28.6. The largest absolute Gasteiger partial charge is 0.392 e. The van der Waals surface area contributed by atoms with Gasteiger partial charge in [0.25, 0.3) is 0 Å². The second kappa shape index (κ2) is 6.10. The van der Waals surface area contributed by atoms with Crippen molar-refractivity contribution < 1.29 is 14.7 Å². The molecular weight excluding hydrogens is 258 g/mol. The molecule has 0 aromatic carbocycles. The smallest absolute Gasteiger partial charge is 0.238 e. The standard InChI is InChI=1S/C14H25N3O3/c1-11(18)10-16-6-8-17(9-7-16)13(20)14(4-3-5-14)12(19)15-2/h11,18H,3-10H2,1-2H3,(H,15,19)/t11-/m0/s1. The van der Waals surface area contributed by atoms with Crippen LogP contribution in [0.5, 0.6) is 0 Å². The number of nitrogens with one attached hydrogen (secondary N) is 1. The summed E-state index contributed by atoms with van der Waals surface area (Å²) < 4.78 is 0. The molecule has 2 fully saturated rings. The first-order chi connectivity index (χ1) is 9.49. The van der Waals surface area contributed by atoms with E-state index in [4.69, 9.17) is 0 Å². The van der Waals surface area contributed by atoms with Crippen molar-refractivity contribution in [2.45, 2.75) is 32.3 Å². The molecule has 2 N–H and O–H groups in total. The van der Waals surface area contributed by atoms with Gasteiger partial charge in [-0.2, -0.15) is 0 Å². The zero-order valence-corrected chi connectivity index (χ0v) is 12.4. The zero-order valence-electron chi connectivity index (χ0n) is 12.4. The number of carbonyl (C=O) groups is 2. The maximum absolute atomic E-state index is 12.6. The van der Waals surface area contributed by atoms with E-state index in [-0.39, 0.29) is 17.9 Å². The molecule has 2 amide bonds. The summed E-state index contributed by atoms with van der Waals surface area (Å²) >= 11 is 0. The van der Waals surface area contributed by atoms with Gasteiger partial charge in [0.1, 0.15) is 5.41 Å². The number of aliphatic hydroxyl groups is 1. The molecule has 2 rings (SSSR count). The summed E-state index contributed by atoms with van der Waals surface area (Å²) in [6.45, 7) is 5.23. The van der Waals surface area contributed by atoms with Gasteiger partial charge in [-0.15, -0.1) is 0 Å². The van der Waals surface area contributed by atoms with Crippen molar-refractivity contribution in [1.82, 2.24) is 15.1 Å². The summed E-state index contributed by atoms with van der Waals surface area (Å²) in [6, 6.07) is 0. The van der Waals surface area contributed by atoms with E-state index in [1.54, 1.807) is 14.0 Å². The number of aliphatic hydroxyl groups excluding tert-OH is 1. The summed E-state index contributed by atoms with van der Waals surface area (Å²) in [6.07, 6.45) is 1.93. The monoisotopic (exact) mass is 283 g/mol. The predicted octanol–water partition coefficient (Wildman–Crippen LogP) is -0.572. The van der Waals surface area contributed by atoms with Crippen molar-refractivity contribution in [2.24, 2.45) is 5.41 Å². The molecular formula is C14H25N3O3. The highest BCUT2D eigenvalue weighted by Gasteiger charge is 2.52. The van der Waals surface area contributed by atoms with Crippen molar-refractivity contribution in [2.75, 3.05) is 39.8 Å². The Morgan fingerprint density at radius 2 is 1.85 bits per heavy atom. The van der Waals surface area contributed by atoms with Crippen LogP contribution in [-0.2, 0) is 9.59 Å². The third kappa shape index (κ3) is 2.81. The highest BCUT2D eigenvalue weighted by atomic mass is 16.3. The third-order valence-electron chi connectivity index (χ3n) is 4.46. The van der Waals surface area contributed by atoms with Crippen LogP contribution in [0, 0.1) is 5.41 Å². The minimum atomic E-state index is -0.804. The van der Waals surface area contributed by atoms with Crippen molar-refractivity contribution in [3.05, 3.63) is 0 Å². The molecule has 1 saturated carbocycles. The molecule has 114 valence electrons. The van der Waals surface area contributed by atoms with E-state index in [1.165, 1.54) is 0 Å². The van der Waals surface area contributed by atoms with Gasteiger partial charge < -0.3 is 15.3 Å². The fourth-order valence-electron chi connectivity index (χ4n) is 3.12. The molecule has 0 bridgehead atoms. The van der Waals surface area contributed by atoms with Crippen LogP contribution in [0.1, 0.15) is 26.2 Å². The van der Waals surface area contributed by atoms with Crippen LogP contribution in [0.15, 0.2) is 0 Å². The van der Waals surface area contributed by atoms with Gasteiger partial charge in [-0.1, -0.05) is 6.42 Å². The zero-order chi connectivity index (χ0) is 14.8. The van der Waals surface area contributed by atoms with Crippen molar-refractivity contribution in [3.63, 3.8) is 0 Å². The highest BCUT2D eigenvalue weighted by Crippen LogP contribution is 2.42. The Bertz CT molecular complexity index is 372. The quantitative estimate of drug-likeness (QED) is 0.678. The van der Waals surface area contributed by atoms with Crippen LogP contribution in [0.4, 0.5) is 0 Å². The summed E-state index contributed by atoms with van der Waals surface area (Å²) in [5, 5.41) is 12.0. The van der Waals surface area contributed by atoms with E-state index in [0.29, 0.717) is 32.5 Å². The van der Waals surface area contributed by atoms with Crippen LogP contribution in [0.2, 0.25) is 0 Å². The normalized spacial score (nSPS) is 23.9. The van der Waals surface area contributed by atoms with E-state index >= 15 is 0 Å². The second-order valence-corrected chi connectivity index (χ2v) is 5.96. The average molecular weight is 283 g/mol. The lowest BCUT2D eigenvalue weighted by molar-refractivity contribution is -0.158. The van der Waals surface area contributed by atoms with Gasteiger partial charge in [0.05, 0.1) is 6.10 Å². The van der Waals surface area contributed by atoms with E-state index < -0.39 is 5.41 Å². The van der Waals surface area contributed by atoms with Crippen LogP contribution in [0.25, 0.3) is 0 Å². The highest BCUT2D eigenvalue weighted by molar-refractivity contribution is 6.05. The molecule has 1 heterocycles. The Hall–Kier alpha value is -1.14. The van der Waals surface area contributed by atoms with E-state index in [2.05, 4.69) is 10.2 Å². The maximum Gasteiger partial charge on any atom is 0.238 e.